The minimum absolute atomic E-state index is 0.00261. The lowest BCUT2D eigenvalue weighted by molar-refractivity contribution is -0.154. The molecule has 0 aliphatic carbocycles. The first kappa shape index (κ1) is 23.4. The summed E-state index contributed by atoms with van der Waals surface area (Å²) in [7, 11) is 0. The quantitative estimate of drug-likeness (QED) is 0.199. The van der Waals surface area contributed by atoms with Crippen molar-refractivity contribution in [2.45, 2.75) is 25.0 Å². The van der Waals surface area contributed by atoms with Crippen LogP contribution in [0.25, 0.3) is 0 Å². The molecule has 0 saturated carbocycles. The largest absolute Gasteiger partial charge is 0.477 e. The Balaban J connectivity index is 1.91. The van der Waals surface area contributed by atoms with E-state index < -0.39 is 46.8 Å². The number of halogens is 2. The van der Waals surface area contributed by atoms with Gasteiger partial charge >= 0.3 is 18.6 Å². The molecule has 1 aromatic heterocycles. The summed E-state index contributed by atoms with van der Waals surface area (Å²) in [6, 6.07) is 0. The van der Waals surface area contributed by atoms with Crippen LogP contribution < -0.4 is 11.1 Å². The first-order valence-electron chi connectivity index (χ1n) is 8.65. The molecular formula is C16H15F2N5O7S2. The molecule has 3 heterocycles. The van der Waals surface area contributed by atoms with Crippen LogP contribution >= 0.6 is 23.1 Å². The standard InChI is InChI=1S/C16H15F2N5O7S2/c1-6(24)29-3-7-4-32-16(2-9(25)23(16)11(7)13(27)28)21-12(26)10(22-30-14(17)18)8-5-31-15(19)20-8/h5,14H,2-4H2,1H3,(H2,19,20)(H,21,26)(H,27,28). The second kappa shape index (κ2) is 9.07. The van der Waals surface area contributed by atoms with Gasteiger partial charge in [-0.3, -0.25) is 19.3 Å². The lowest BCUT2D eigenvalue weighted by atomic mass is 10.0. The lowest BCUT2D eigenvalue weighted by Crippen LogP contribution is -2.72. The lowest BCUT2D eigenvalue weighted by Gasteiger charge is -2.53. The molecule has 2 aliphatic rings. The molecule has 0 radical (unpaired) electrons. The molecule has 0 spiro atoms. The van der Waals surface area contributed by atoms with Gasteiger partial charge < -0.3 is 25.7 Å². The number of nitrogens with one attached hydrogen (secondary N) is 1. The summed E-state index contributed by atoms with van der Waals surface area (Å²) < 4.78 is 29.8. The number of carbonyl (C=O) groups excluding carboxylic acids is 3. The molecule has 172 valence electrons. The molecule has 12 nitrogen and oxygen atoms in total. The van der Waals surface area contributed by atoms with Crippen molar-refractivity contribution in [1.82, 2.24) is 15.2 Å². The third-order valence-corrected chi connectivity index (χ3v) is 6.28. The first-order valence-corrected chi connectivity index (χ1v) is 10.5. The highest BCUT2D eigenvalue weighted by molar-refractivity contribution is 8.01. The number of nitrogens with zero attached hydrogens (tertiary/aromatic N) is 3. The van der Waals surface area contributed by atoms with Gasteiger partial charge in [-0.25, -0.2) is 9.78 Å². The van der Waals surface area contributed by atoms with Crippen LogP contribution in [0.15, 0.2) is 21.8 Å². The maximum atomic E-state index is 12.9. The smallest absolute Gasteiger partial charge is 0.407 e. The molecular weight excluding hydrogens is 476 g/mol. The number of rotatable bonds is 8. The minimum atomic E-state index is -3.32. The fourth-order valence-electron chi connectivity index (χ4n) is 2.94. The average Bonchev–Trinajstić information content (AvgIpc) is 3.11. The topological polar surface area (TPSA) is 174 Å². The Kier molecular flexibility index (Phi) is 6.63. The number of nitrogens with two attached hydrogens (primary N) is 1. The molecule has 1 atom stereocenters. The predicted molar refractivity (Wildman–Crippen MR) is 106 cm³/mol. The minimum Gasteiger partial charge on any atom is -0.477 e. The number of hydrogen-bond acceptors (Lipinski definition) is 11. The van der Waals surface area contributed by atoms with Crippen molar-refractivity contribution < 1.29 is 42.6 Å². The third-order valence-electron chi connectivity index (χ3n) is 4.21. The maximum Gasteiger partial charge on any atom is 0.407 e. The number of thioether (sulfide) groups is 1. The van der Waals surface area contributed by atoms with E-state index in [-0.39, 0.29) is 35.2 Å². The number of β-lactam (4-membered cyclic amide) rings is 1. The summed E-state index contributed by atoms with van der Waals surface area (Å²) in [5.41, 5.74) is 4.44. The van der Waals surface area contributed by atoms with E-state index in [1.54, 1.807) is 0 Å². The van der Waals surface area contributed by atoms with Crippen LogP contribution in [0.4, 0.5) is 13.9 Å². The number of hydrogen-bond donors (Lipinski definition) is 3. The number of amides is 2. The van der Waals surface area contributed by atoms with E-state index in [0.717, 1.165) is 34.9 Å². The van der Waals surface area contributed by atoms with Gasteiger partial charge in [0, 0.05) is 23.6 Å². The number of aliphatic carboxylic acids is 1. The summed E-state index contributed by atoms with van der Waals surface area (Å²) >= 11 is 1.91. The van der Waals surface area contributed by atoms with E-state index >= 15 is 0 Å². The molecule has 1 aromatic rings. The monoisotopic (exact) mass is 491 g/mol. The number of anilines is 1. The summed E-state index contributed by atoms with van der Waals surface area (Å²) in [5, 5.41) is 16.5. The van der Waals surface area contributed by atoms with Gasteiger partial charge in [-0.1, -0.05) is 5.16 Å². The van der Waals surface area contributed by atoms with E-state index in [4.69, 9.17) is 10.5 Å². The number of oxime groups is 1. The predicted octanol–water partition coefficient (Wildman–Crippen LogP) is 0.320. The normalized spacial score (nSPS) is 20.6. The van der Waals surface area contributed by atoms with Gasteiger partial charge in [0.25, 0.3) is 5.91 Å². The molecule has 0 aromatic carbocycles. The molecule has 32 heavy (non-hydrogen) atoms. The zero-order valence-corrected chi connectivity index (χ0v) is 17.8. The Hall–Kier alpha value is -3.27. The molecule has 4 N–H and O–H groups in total. The van der Waals surface area contributed by atoms with Gasteiger partial charge in [-0.15, -0.1) is 23.1 Å². The second-order valence-corrected chi connectivity index (χ2v) is 8.49. The maximum absolute atomic E-state index is 12.9. The van der Waals surface area contributed by atoms with Gasteiger partial charge in [-0.05, 0) is 0 Å². The van der Waals surface area contributed by atoms with Crippen LogP contribution in [0.2, 0.25) is 0 Å². The molecule has 1 unspecified atom stereocenters. The Morgan fingerprint density at radius 2 is 2.19 bits per heavy atom. The van der Waals surface area contributed by atoms with Crippen molar-refractivity contribution in [2.24, 2.45) is 5.16 Å². The Labute approximate surface area is 186 Å². The van der Waals surface area contributed by atoms with Crippen molar-refractivity contribution in [3.8, 4) is 0 Å². The van der Waals surface area contributed by atoms with Crippen LogP contribution in [0.1, 0.15) is 19.0 Å². The molecule has 16 heteroatoms. The molecule has 1 saturated heterocycles. The number of carboxylic acid groups (broad SMARTS) is 1. The number of nitrogen functional groups attached to an aromatic ring is 1. The highest BCUT2D eigenvalue weighted by Gasteiger charge is 2.58. The number of carbonyl (C=O) groups is 4. The number of fused-ring (bicyclic) bond motifs is 1. The molecule has 2 amide bonds. The number of aromatic nitrogens is 1. The van der Waals surface area contributed by atoms with Crippen LogP contribution in [0, 0.1) is 0 Å². The van der Waals surface area contributed by atoms with E-state index in [2.05, 4.69) is 20.3 Å². The Morgan fingerprint density at radius 3 is 2.72 bits per heavy atom. The molecule has 2 aliphatic heterocycles. The Bertz CT molecular complexity index is 1040. The number of ether oxygens (including phenoxy) is 1. The average molecular weight is 491 g/mol. The summed E-state index contributed by atoms with van der Waals surface area (Å²) in [5.74, 6) is -3.77. The van der Waals surface area contributed by atoms with Crippen molar-refractivity contribution in [1.29, 1.82) is 0 Å². The zero-order valence-electron chi connectivity index (χ0n) is 16.2. The van der Waals surface area contributed by atoms with Crippen molar-refractivity contribution in [2.75, 3.05) is 18.1 Å². The summed E-state index contributed by atoms with van der Waals surface area (Å²) in [4.78, 5) is 55.1. The van der Waals surface area contributed by atoms with Crippen molar-refractivity contribution >= 4 is 57.7 Å². The van der Waals surface area contributed by atoms with E-state index in [1.165, 1.54) is 5.38 Å². The zero-order chi connectivity index (χ0) is 23.6. The van der Waals surface area contributed by atoms with E-state index in [1.807, 2.05) is 0 Å². The molecule has 1 fully saturated rings. The van der Waals surface area contributed by atoms with Crippen LogP contribution in [0.5, 0.6) is 0 Å². The van der Waals surface area contributed by atoms with Crippen LogP contribution in [0.3, 0.4) is 0 Å². The SMILES string of the molecule is CC(=O)OCC1=C(C(=O)O)N2C(=O)CC2(NC(=O)C(=NOC(F)F)c2csc(N)n2)SC1. The third kappa shape index (κ3) is 4.64. The number of esters is 1. The van der Waals surface area contributed by atoms with Gasteiger partial charge in [0.1, 0.15) is 18.0 Å². The summed E-state index contributed by atoms with van der Waals surface area (Å²) in [6.45, 7) is -2.53. The van der Waals surface area contributed by atoms with Crippen LogP contribution in [-0.2, 0) is 28.8 Å². The van der Waals surface area contributed by atoms with Gasteiger partial charge in [0.15, 0.2) is 15.8 Å². The van der Waals surface area contributed by atoms with Crippen molar-refractivity contribution in [3.63, 3.8) is 0 Å². The highest BCUT2D eigenvalue weighted by atomic mass is 32.2. The molecule has 3 rings (SSSR count). The second-order valence-electron chi connectivity index (χ2n) is 6.35. The fraction of sp³-hybridized carbons (Fsp3) is 0.375. The van der Waals surface area contributed by atoms with Gasteiger partial charge in [0.05, 0.1) is 6.42 Å². The van der Waals surface area contributed by atoms with Gasteiger partial charge in [0.2, 0.25) is 5.91 Å². The van der Waals surface area contributed by atoms with Crippen molar-refractivity contribution in [3.05, 3.63) is 22.3 Å². The highest BCUT2D eigenvalue weighted by Crippen LogP contribution is 2.47. The summed E-state index contributed by atoms with van der Waals surface area (Å²) in [6.07, 6.45) is -0.275. The van der Waals surface area contributed by atoms with E-state index in [9.17, 15) is 33.1 Å². The van der Waals surface area contributed by atoms with E-state index in [0.29, 0.717) is 0 Å². The van der Waals surface area contributed by atoms with Crippen LogP contribution in [-0.4, -0.2) is 68.4 Å². The number of thiazole rings is 1. The first-order chi connectivity index (χ1) is 15.0. The Morgan fingerprint density at radius 1 is 1.47 bits per heavy atom. The fourth-order valence-corrected chi connectivity index (χ4v) is 4.83. The number of alkyl halides is 2. The van der Waals surface area contributed by atoms with Gasteiger partial charge in [-0.2, -0.15) is 8.78 Å². The molecule has 0 bridgehead atoms. The number of carboxylic acids is 1.